The summed E-state index contributed by atoms with van der Waals surface area (Å²) in [6, 6.07) is 5.21. The molecule has 2 aromatic rings. The Kier molecular flexibility index (Phi) is 4.27. The minimum atomic E-state index is -0.179. The molecule has 0 aliphatic rings. The first kappa shape index (κ1) is 13.7. The highest BCUT2D eigenvalue weighted by atomic mass is 19.1. The minimum absolute atomic E-state index is 0.102. The number of aryl methyl sites for hydroxylation is 2. The summed E-state index contributed by atoms with van der Waals surface area (Å²) in [5.74, 6) is 0.684. The molecule has 0 aliphatic heterocycles. The van der Waals surface area contributed by atoms with E-state index >= 15 is 0 Å². The second kappa shape index (κ2) is 5.93. The minimum Gasteiger partial charge on any atom is -0.313 e. The molecule has 1 atom stereocenters. The molecule has 2 rings (SSSR count). The first-order chi connectivity index (χ1) is 9.15. The van der Waals surface area contributed by atoms with Gasteiger partial charge in [0.15, 0.2) is 0 Å². The van der Waals surface area contributed by atoms with Gasteiger partial charge in [0.05, 0.1) is 0 Å². The second-order valence-corrected chi connectivity index (χ2v) is 4.56. The van der Waals surface area contributed by atoms with Crippen LogP contribution in [0.1, 0.15) is 29.9 Å². The molecule has 1 heterocycles. The van der Waals surface area contributed by atoms with Crippen molar-refractivity contribution < 1.29 is 4.39 Å². The predicted octanol–water partition coefficient (Wildman–Crippen LogP) is 2.25. The Hall–Kier alpha value is -1.75. The summed E-state index contributed by atoms with van der Waals surface area (Å²) in [5.41, 5.74) is 1.59. The number of hydrogen-bond acceptors (Lipinski definition) is 3. The van der Waals surface area contributed by atoms with E-state index < -0.39 is 0 Å². The highest BCUT2D eigenvalue weighted by molar-refractivity contribution is 5.26. The van der Waals surface area contributed by atoms with Crippen molar-refractivity contribution in [3.63, 3.8) is 0 Å². The Balaban J connectivity index is 2.25. The fourth-order valence-corrected chi connectivity index (χ4v) is 2.18. The van der Waals surface area contributed by atoms with Crippen molar-refractivity contribution in [3.05, 3.63) is 47.3 Å². The summed E-state index contributed by atoms with van der Waals surface area (Å²) in [6.45, 7) is 4.66. The molecular weight excluding hydrogens is 243 g/mol. The van der Waals surface area contributed by atoms with E-state index in [4.69, 9.17) is 0 Å². The van der Waals surface area contributed by atoms with Gasteiger partial charge in [0.2, 0.25) is 0 Å². The first-order valence-corrected chi connectivity index (χ1v) is 6.45. The average molecular weight is 262 g/mol. The van der Waals surface area contributed by atoms with Gasteiger partial charge in [0.1, 0.15) is 18.0 Å². The van der Waals surface area contributed by atoms with Gasteiger partial charge in [-0.25, -0.2) is 9.37 Å². The van der Waals surface area contributed by atoms with Gasteiger partial charge in [-0.1, -0.05) is 12.1 Å². The predicted molar refractivity (Wildman–Crippen MR) is 72.3 cm³/mol. The van der Waals surface area contributed by atoms with Crippen molar-refractivity contribution in [2.45, 2.75) is 32.9 Å². The van der Waals surface area contributed by atoms with Crippen LogP contribution < -0.4 is 5.32 Å². The lowest BCUT2D eigenvalue weighted by molar-refractivity contribution is 0.504. The van der Waals surface area contributed by atoms with Crippen LogP contribution in [0.3, 0.4) is 0 Å². The monoisotopic (exact) mass is 262 g/mol. The SMILES string of the molecule is CCn1ncnc1CC(NC)c1ccc(C)cc1F. The zero-order chi connectivity index (χ0) is 13.8. The third-order valence-electron chi connectivity index (χ3n) is 3.26. The van der Waals surface area contributed by atoms with Gasteiger partial charge >= 0.3 is 0 Å². The fraction of sp³-hybridized carbons (Fsp3) is 0.429. The molecule has 0 amide bonds. The largest absolute Gasteiger partial charge is 0.313 e. The molecule has 5 heteroatoms. The van der Waals surface area contributed by atoms with Crippen LogP contribution >= 0.6 is 0 Å². The quantitative estimate of drug-likeness (QED) is 0.898. The van der Waals surface area contributed by atoms with Crippen LogP contribution in [0.4, 0.5) is 4.39 Å². The molecular formula is C14H19FN4. The smallest absolute Gasteiger partial charge is 0.138 e. The lowest BCUT2D eigenvalue weighted by Gasteiger charge is -2.17. The van der Waals surface area contributed by atoms with Gasteiger partial charge < -0.3 is 5.32 Å². The molecule has 0 saturated carbocycles. The lowest BCUT2D eigenvalue weighted by atomic mass is 10.0. The van der Waals surface area contributed by atoms with E-state index in [9.17, 15) is 4.39 Å². The Labute approximate surface area is 112 Å². The number of aromatic nitrogens is 3. The topological polar surface area (TPSA) is 42.7 Å². The van der Waals surface area contributed by atoms with E-state index in [0.29, 0.717) is 12.0 Å². The van der Waals surface area contributed by atoms with Crippen molar-refractivity contribution in [2.24, 2.45) is 0 Å². The summed E-state index contributed by atoms with van der Waals surface area (Å²) in [7, 11) is 1.83. The summed E-state index contributed by atoms with van der Waals surface area (Å²) in [6.07, 6.45) is 2.15. The van der Waals surface area contributed by atoms with E-state index in [1.54, 1.807) is 6.07 Å². The van der Waals surface area contributed by atoms with Crippen LogP contribution in [0.25, 0.3) is 0 Å². The van der Waals surface area contributed by atoms with Crippen molar-refractivity contribution in [1.29, 1.82) is 0 Å². The molecule has 1 aromatic heterocycles. The normalized spacial score (nSPS) is 12.6. The van der Waals surface area contributed by atoms with Gasteiger partial charge in [-0.2, -0.15) is 5.10 Å². The third kappa shape index (κ3) is 2.98. The van der Waals surface area contributed by atoms with Gasteiger partial charge in [0.25, 0.3) is 0 Å². The number of halogens is 1. The van der Waals surface area contributed by atoms with Crippen LogP contribution in [0.2, 0.25) is 0 Å². The molecule has 0 radical (unpaired) electrons. The van der Waals surface area contributed by atoms with Crippen molar-refractivity contribution in [2.75, 3.05) is 7.05 Å². The maximum Gasteiger partial charge on any atom is 0.138 e. The molecule has 102 valence electrons. The lowest BCUT2D eigenvalue weighted by Crippen LogP contribution is -2.22. The Bertz CT molecular complexity index is 550. The molecule has 0 spiro atoms. The number of rotatable bonds is 5. The molecule has 0 aliphatic carbocycles. The van der Waals surface area contributed by atoms with E-state index in [1.807, 2.05) is 37.7 Å². The van der Waals surface area contributed by atoms with E-state index in [0.717, 1.165) is 17.9 Å². The van der Waals surface area contributed by atoms with Crippen LogP contribution in [0, 0.1) is 12.7 Å². The van der Waals surface area contributed by atoms with Crippen LogP contribution in [0.5, 0.6) is 0 Å². The van der Waals surface area contributed by atoms with Crippen LogP contribution in [-0.2, 0) is 13.0 Å². The van der Waals surface area contributed by atoms with Gasteiger partial charge in [0, 0.05) is 24.6 Å². The molecule has 4 nitrogen and oxygen atoms in total. The third-order valence-corrected chi connectivity index (χ3v) is 3.26. The highest BCUT2D eigenvalue weighted by Crippen LogP contribution is 2.21. The summed E-state index contributed by atoms with van der Waals surface area (Å²) in [4.78, 5) is 4.24. The summed E-state index contributed by atoms with van der Waals surface area (Å²) >= 11 is 0. The first-order valence-electron chi connectivity index (χ1n) is 6.45. The number of nitrogens with one attached hydrogen (secondary N) is 1. The van der Waals surface area contributed by atoms with Crippen LogP contribution in [0.15, 0.2) is 24.5 Å². The number of likely N-dealkylation sites (N-methyl/N-ethyl adjacent to an activating group) is 1. The maximum atomic E-state index is 14.0. The fourth-order valence-electron chi connectivity index (χ4n) is 2.18. The van der Waals surface area contributed by atoms with Gasteiger partial charge in [-0.15, -0.1) is 0 Å². The second-order valence-electron chi connectivity index (χ2n) is 4.56. The number of benzene rings is 1. The Morgan fingerprint density at radius 2 is 2.21 bits per heavy atom. The van der Waals surface area contributed by atoms with Crippen molar-refractivity contribution in [1.82, 2.24) is 20.1 Å². The van der Waals surface area contributed by atoms with Crippen molar-refractivity contribution in [3.8, 4) is 0 Å². The molecule has 19 heavy (non-hydrogen) atoms. The maximum absolute atomic E-state index is 14.0. The van der Waals surface area contributed by atoms with E-state index in [2.05, 4.69) is 15.4 Å². The van der Waals surface area contributed by atoms with Crippen molar-refractivity contribution >= 4 is 0 Å². The summed E-state index contributed by atoms with van der Waals surface area (Å²) in [5, 5.41) is 7.28. The van der Waals surface area contributed by atoms with E-state index in [1.165, 1.54) is 6.33 Å². The number of hydrogen-bond donors (Lipinski definition) is 1. The zero-order valence-corrected chi connectivity index (χ0v) is 11.5. The van der Waals surface area contributed by atoms with E-state index in [-0.39, 0.29) is 11.9 Å². The zero-order valence-electron chi connectivity index (χ0n) is 11.5. The number of nitrogens with zero attached hydrogens (tertiary/aromatic N) is 3. The molecule has 1 N–H and O–H groups in total. The average Bonchev–Trinajstić information content (AvgIpc) is 2.84. The Morgan fingerprint density at radius 1 is 1.42 bits per heavy atom. The molecule has 1 unspecified atom stereocenters. The highest BCUT2D eigenvalue weighted by Gasteiger charge is 2.17. The standard InChI is InChI=1S/C14H19FN4/c1-4-19-14(17-9-18-19)8-13(16-3)11-6-5-10(2)7-12(11)15/h5-7,9,13,16H,4,8H2,1-3H3. The van der Waals surface area contributed by atoms with Gasteiger partial charge in [-0.05, 0) is 32.5 Å². The van der Waals surface area contributed by atoms with Gasteiger partial charge in [-0.3, -0.25) is 4.68 Å². The Morgan fingerprint density at radius 3 is 2.84 bits per heavy atom. The molecule has 0 saturated heterocycles. The summed E-state index contributed by atoms with van der Waals surface area (Å²) < 4.78 is 15.8. The molecule has 0 fully saturated rings. The van der Waals surface area contributed by atoms with Crippen LogP contribution in [-0.4, -0.2) is 21.8 Å². The molecule has 0 bridgehead atoms. The molecule has 1 aromatic carbocycles.